The fourth-order valence-electron chi connectivity index (χ4n) is 0.273. The van der Waals surface area contributed by atoms with Crippen LogP contribution in [0.1, 0.15) is 1.43 Å². The van der Waals surface area contributed by atoms with Crippen LogP contribution in [-0.4, -0.2) is 31.3 Å². The predicted molar refractivity (Wildman–Crippen MR) is 39.8 cm³/mol. The molecule has 13 heavy (non-hydrogen) atoms. The van der Waals surface area contributed by atoms with Crippen LogP contribution < -0.4 is 29.6 Å². The van der Waals surface area contributed by atoms with Crippen LogP contribution in [0.4, 0.5) is 0 Å². The van der Waals surface area contributed by atoms with Crippen molar-refractivity contribution in [2.24, 2.45) is 0 Å². The van der Waals surface area contributed by atoms with Crippen molar-refractivity contribution in [3.05, 3.63) is 12.7 Å². The Morgan fingerprint density at radius 1 is 1.62 bits per heavy atom. The molecule has 0 aliphatic carbocycles. The van der Waals surface area contributed by atoms with Gasteiger partial charge in [-0.25, -0.2) is 4.79 Å². The zero-order valence-corrected chi connectivity index (χ0v) is 9.91. The minimum atomic E-state index is -4.07. The van der Waals surface area contributed by atoms with Crippen molar-refractivity contribution in [3.8, 4) is 0 Å². The van der Waals surface area contributed by atoms with E-state index in [0.717, 1.165) is 6.08 Å². The first-order chi connectivity index (χ1) is 5.45. The molecule has 72 valence electrons. The van der Waals surface area contributed by atoms with Gasteiger partial charge in [0.05, 0.1) is 0 Å². The molecule has 0 aromatic rings. The van der Waals surface area contributed by atoms with Gasteiger partial charge in [0.2, 0.25) is 0 Å². The number of hydrogen-bond acceptors (Lipinski definition) is 5. The van der Waals surface area contributed by atoms with Crippen molar-refractivity contribution < 1.29 is 58.5 Å². The Balaban J connectivity index is -0.000000605. The SMILES string of the molecule is C=CC(=O)OOCCS(=O)(=O)O.[H-].[Na+]. The van der Waals surface area contributed by atoms with Crippen LogP contribution in [0.25, 0.3) is 0 Å². The molecule has 0 spiro atoms. The van der Waals surface area contributed by atoms with Crippen molar-refractivity contribution in [1.29, 1.82) is 0 Å². The van der Waals surface area contributed by atoms with Crippen LogP contribution >= 0.6 is 0 Å². The Morgan fingerprint density at radius 2 is 2.15 bits per heavy atom. The van der Waals surface area contributed by atoms with E-state index in [-0.39, 0.29) is 31.0 Å². The second-order valence-corrected chi connectivity index (χ2v) is 3.29. The van der Waals surface area contributed by atoms with Gasteiger partial charge in [0.15, 0.2) is 0 Å². The summed E-state index contributed by atoms with van der Waals surface area (Å²) in [7, 11) is -4.07. The smallest absolute Gasteiger partial charge is 1.00 e. The van der Waals surface area contributed by atoms with Gasteiger partial charge in [0, 0.05) is 6.08 Å². The summed E-state index contributed by atoms with van der Waals surface area (Å²) in [4.78, 5) is 18.3. The van der Waals surface area contributed by atoms with E-state index in [0.29, 0.717) is 0 Å². The molecule has 0 aliphatic rings. The average molecular weight is 220 g/mol. The normalized spacial score (nSPS) is 9.92. The molecule has 0 aromatic carbocycles. The van der Waals surface area contributed by atoms with Gasteiger partial charge >= 0.3 is 35.5 Å². The van der Waals surface area contributed by atoms with Gasteiger partial charge in [-0.2, -0.15) is 13.3 Å². The van der Waals surface area contributed by atoms with Crippen LogP contribution in [0.15, 0.2) is 12.7 Å². The van der Waals surface area contributed by atoms with Crippen molar-refractivity contribution in [2.45, 2.75) is 0 Å². The summed E-state index contributed by atoms with van der Waals surface area (Å²) in [5.74, 6) is -1.46. The van der Waals surface area contributed by atoms with Crippen molar-refractivity contribution >= 4 is 16.1 Å². The molecule has 0 heterocycles. The van der Waals surface area contributed by atoms with Gasteiger partial charge in [0.1, 0.15) is 12.4 Å². The van der Waals surface area contributed by atoms with E-state index in [9.17, 15) is 13.2 Å². The third-order valence-electron chi connectivity index (χ3n) is 0.732. The van der Waals surface area contributed by atoms with Crippen molar-refractivity contribution in [3.63, 3.8) is 0 Å². The first kappa shape index (κ1) is 15.5. The Bertz CT molecular complexity index is 263. The molecule has 8 heteroatoms. The molecule has 0 amide bonds. The third kappa shape index (κ3) is 12.1. The molecule has 1 N–H and O–H groups in total. The molecule has 0 saturated carbocycles. The molecule has 0 saturated heterocycles. The molecule has 0 fully saturated rings. The van der Waals surface area contributed by atoms with E-state index in [4.69, 9.17) is 4.55 Å². The predicted octanol–water partition coefficient (Wildman–Crippen LogP) is -3.35. The Morgan fingerprint density at radius 3 is 2.54 bits per heavy atom. The molecule has 0 bridgehead atoms. The summed E-state index contributed by atoms with van der Waals surface area (Å²) in [6, 6.07) is 0. The Kier molecular flexibility index (Phi) is 8.95. The summed E-state index contributed by atoms with van der Waals surface area (Å²) in [5.41, 5.74) is 0. The average Bonchev–Trinajstić information content (AvgIpc) is 1.96. The van der Waals surface area contributed by atoms with Gasteiger partial charge in [0.25, 0.3) is 10.1 Å². The van der Waals surface area contributed by atoms with Gasteiger partial charge in [-0.05, 0) is 0 Å². The molecule has 6 nitrogen and oxygen atoms in total. The van der Waals surface area contributed by atoms with Crippen molar-refractivity contribution in [1.82, 2.24) is 0 Å². The third-order valence-corrected chi connectivity index (χ3v) is 1.41. The van der Waals surface area contributed by atoms with Gasteiger partial charge < -0.3 is 1.43 Å². The summed E-state index contributed by atoms with van der Waals surface area (Å²) < 4.78 is 28.3. The van der Waals surface area contributed by atoms with Crippen LogP contribution in [0.3, 0.4) is 0 Å². The maximum Gasteiger partial charge on any atom is 1.00 e. The minimum Gasteiger partial charge on any atom is -1.00 e. The first-order valence-electron chi connectivity index (χ1n) is 2.87. The zero-order chi connectivity index (χ0) is 9.61. The van der Waals surface area contributed by atoms with Crippen LogP contribution in [0.5, 0.6) is 0 Å². The largest absolute Gasteiger partial charge is 1.00 e. The maximum absolute atomic E-state index is 10.3. The summed E-state index contributed by atoms with van der Waals surface area (Å²) >= 11 is 0. The molecule has 0 aromatic heterocycles. The monoisotopic (exact) mass is 220 g/mol. The second kappa shape index (κ2) is 7.48. The van der Waals surface area contributed by atoms with E-state index in [2.05, 4.69) is 16.4 Å². The summed E-state index contributed by atoms with van der Waals surface area (Å²) in [6.45, 7) is 2.65. The molecule has 0 rings (SSSR count). The molecule has 0 atom stereocenters. The molecular formula is C5H9NaO6S. The summed E-state index contributed by atoms with van der Waals surface area (Å²) in [5, 5.41) is 0. The Labute approximate surface area is 99.4 Å². The molecule has 0 radical (unpaired) electrons. The minimum absolute atomic E-state index is 0. The van der Waals surface area contributed by atoms with Crippen molar-refractivity contribution in [2.75, 3.05) is 12.4 Å². The Hall–Kier alpha value is 0.0800. The van der Waals surface area contributed by atoms with Crippen LogP contribution in [0.2, 0.25) is 0 Å². The quantitative estimate of drug-likeness (QED) is 0.130. The zero-order valence-electron chi connectivity index (χ0n) is 8.10. The van der Waals surface area contributed by atoms with Gasteiger partial charge in [-0.3, -0.25) is 9.44 Å². The topological polar surface area (TPSA) is 89.9 Å². The number of carbonyl (C=O) groups is 1. The standard InChI is InChI=1S/C5H8O6S.Na.H/c1-2-5(6)11-10-3-4-12(7,8)9;;/h2H,1,3-4H2,(H,7,8,9);;/q;+1;-1. The van der Waals surface area contributed by atoms with Gasteiger partial charge in [-0.15, -0.1) is 0 Å². The van der Waals surface area contributed by atoms with Gasteiger partial charge in [-0.1, -0.05) is 6.58 Å². The molecular weight excluding hydrogens is 211 g/mol. The fraction of sp³-hybridized carbons (Fsp3) is 0.400. The number of rotatable bonds is 5. The maximum atomic E-state index is 10.3. The van der Waals surface area contributed by atoms with E-state index < -0.39 is 28.4 Å². The number of carbonyl (C=O) groups excluding carboxylic acids is 1. The first-order valence-corrected chi connectivity index (χ1v) is 4.47. The fourth-order valence-corrected chi connectivity index (χ4v) is 0.552. The van der Waals surface area contributed by atoms with E-state index in [1.54, 1.807) is 0 Å². The van der Waals surface area contributed by atoms with E-state index in [1.807, 2.05) is 0 Å². The summed E-state index contributed by atoms with van der Waals surface area (Å²) in [6.07, 6.45) is 0.855. The second-order valence-electron chi connectivity index (χ2n) is 1.71. The molecule has 0 aliphatic heterocycles. The van der Waals surface area contributed by atoms with E-state index in [1.165, 1.54) is 0 Å². The van der Waals surface area contributed by atoms with E-state index >= 15 is 0 Å². The van der Waals surface area contributed by atoms with Crippen LogP contribution in [0, 0.1) is 0 Å². The molecule has 0 unspecified atom stereocenters. The number of hydrogen-bond donors (Lipinski definition) is 1. The van der Waals surface area contributed by atoms with Crippen LogP contribution in [-0.2, 0) is 24.7 Å².